The minimum atomic E-state index is -0.824. The maximum Gasteiger partial charge on any atom is 0.251 e. The van der Waals surface area contributed by atoms with E-state index >= 15 is 0 Å². The molecular formula is C15H15FN2O3. The Morgan fingerprint density at radius 2 is 1.90 bits per heavy atom. The van der Waals surface area contributed by atoms with Crippen LogP contribution in [0.5, 0.6) is 5.75 Å². The molecule has 1 aromatic carbocycles. The molecule has 110 valence electrons. The van der Waals surface area contributed by atoms with Gasteiger partial charge in [0.25, 0.3) is 5.56 Å². The van der Waals surface area contributed by atoms with E-state index in [-0.39, 0.29) is 0 Å². The highest BCUT2D eigenvalue weighted by atomic mass is 19.1. The molecule has 1 heterocycles. The lowest BCUT2D eigenvalue weighted by atomic mass is 10.2. The second kappa shape index (κ2) is 6.21. The molecule has 0 aliphatic carbocycles. The predicted octanol–water partition coefficient (Wildman–Crippen LogP) is 2.20. The topological polar surface area (TPSA) is 60.3 Å². The summed E-state index contributed by atoms with van der Waals surface area (Å²) in [7, 11) is 1.55. The minimum absolute atomic E-state index is 0.409. The lowest BCUT2D eigenvalue weighted by Crippen LogP contribution is -2.31. The average molecular weight is 290 g/mol. The van der Waals surface area contributed by atoms with Crippen molar-refractivity contribution in [3.05, 3.63) is 58.8 Å². The van der Waals surface area contributed by atoms with Crippen LogP contribution >= 0.6 is 0 Å². The highest BCUT2D eigenvalue weighted by Crippen LogP contribution is 2.16. The molecule has 5 nitrogen and oxygen atoms in total. The van der Waals surface area contributed by atoms with Crippen molar-refractivity contribution >= 4 is 11.6 Å². The first kappa shape index (κ1) is 14.8. The summed E-state index contributed by atoms with van der Waals surface area (Å²) in [5.74, 6) is -0.311. The summed E-state index contributed by atoms with van der Waals surface area (Å²) in [4.78, 5) is 23.8. The summed E-state index contributed by atoms with van der Waals surface area (Å²) in [6, 6.07) is 8.09. The molecule has 0 bridgehead atoms. The Kier molecular flexibility index (Phi) is 4.37. The Hall–Kier alpha value is -2.63. The van der Waals surface area contributed by atoms with Crippen LogP contribution in [0.4, 0.5) is 10.1 Å². The fraction of sp³-hybridized carbons (Fsp3) is 0.200. The molecular weight excluding hydrogens is 275 g/mol. The number of rotatable bonds is 4. The summed E-state index contributed by atoms with van der Waals surface area (Å²) in [5, 5.41) is 2.66. The van der Waals surface area contributed by atoms with Crippen LogP contribution in [-0.4, -0.2) is 17.6 Å². The van der Waals surface area contributed by atoms with E-state index in [1.165, 1.54) is 6.92 Å². The fourth-order valence-electron chi connectivity index (χ4n) is 1.83. The highest BCUT2D eigenvalue weighted by Gasteiger charge is 2.16. The molecule has 0 radical (unpaired) electrons. The zero-order valence-corrected chi connectivity index (χ0v) is 11.7. The van der Waals surface area contributed by atoms with E-state index in [0.29, 0.717) is 11.4 Å². The average Bonchev–Trinajstić information content (AvgIpc) is 2.49. The minimum Gasteiger partial charge on any atom is -0.497 e. The third-order valence-electron chi connectivity index (χ3n) is 3.06. The first-order valence-corrected chi connectivity index (χ1v) is 6.34. The quantitative estimate of drug-likeness (QED) is 0.939. The lowest BCUT2D eigenvalue weighted by molar-refractivity contribution is -0.118. The first-order chi connectivity index (χ1) is 10.0. The SMILES string of the molecule is COc1ccc(NC(=O)C(C)n2cc(F)ccc2=O)cc1. The summed E-state index contributed by atoms with van der Waals surface area (Å²) in [5.41, 5.74) is 0.130. The van der Waals surface area contributed by atoms with Crippen LogP contribution in [0.1, 0.15) is 13.0 Å². The van der Waals surface area contributed by atoms with Crippen molar-refractivity contribution in [3.63, 3.8) is 0 Å². The maximum atomic E-state index is 13.2. The van der Waals surface area contributed by atoms with Crippen molar-refractivity contribution in [2.24, 2.45) is 0 Å². The normalized spacial score (nSPS) is 11.8. The van der Waals surface area contributed by atoms with Crippen LogP contribution in [-0.2, 0) is 4.79 Å². The van der Waals surface area contributed by atoms with Gasteiger partial charge in [-0.2, -0.15) is 0 Å². The first-order valence-electron chi connectivity index (χ1n) is 6.34. The number of ether oxygens (including phenoxy) is 1. The summed E-state index contributed by atoms with van der Waals surface area (Å²) in [6.07, 6.45) is 1.01. The van der Waals surface area contributed by atoms with E-state index < -0.39 is 23.3 Å². The van der Waals surface area contributed by atoms with Gasteiger partial charge in [-0.3, -0.25) is 9.59 Å². The molecule has 0 saturated heterocycles. The van der Waals surface area contributed by atoms with Gasteiger partial charge in [-0.15, -0.1) is 0 Å². The molecule has 1 amide bonds. The highest BCUT2D eigenvalue weighted by molar-refractivity contribution is 5.93. The van der Waals surface area contributed by atoms with Crippen LogP contribution in [0.25, 0.3) is 0 Å². The van der Waals surface area contributed by atoms with Gasteiger partial charge in [-0.25, -0.2) is 4.39 Å². The number of halogens is 1. The number of nitrogens with zero attached hydrogens (tertiary/aromatic N) is 1. The van der Waals surface area contributed by atoms with E-state index in [9.17, 15) is 14.0 Å². The Morgan fingerprint density at radius 1 is 1.24 bits per heavy atom. The van der Waals surface area contributed by atoms with Gasteiger partial charge in [-0.05, 0) is 37.3 Å². The number of hydrogen-bond acceptors (Lipinski definition) is 3. The molecule has 1 aromatic heterocycles. The Balaban J connectivity index is 2.15. The van der Waals surface area contributed by atoms with E-state index in [1.807, 2.05) is 0 Å². The van der Waals surface area contributed by atoms with Gasteiger partial charge in [-0.1, -0.05) is 0 Å². The summed E-state index contributed by atoms with van der Waals surface area (Å²) < 4.78 is 19.2. The lowest BCUT2D eigenvalue weighted by Gasteiger charge is -2.15. The van der Waals surface area contributed by atoms with Gasteiger partial charge < -0.3 is 14.6 Å². The summed E-state index contributed by atoms with van der Waals surface area (Å²) >= 11 is 0. The predicted molar refractivity (Wildman–Crippen MR) is 77.0 cm³/mol. The number of pyridine rings is 1. The number of carbonyl (C=O) groups excluding carboxylic acids is 1. The van der Waals surface area contributed by atoms with E-state index in [0.717, 1.165) is 22.9 Å². The molecule has 0 saturated carbocycles. The molecule has 0 aliphatic rings. The van der Waals surface area contributed by atoms with Crippen LogP contribution in [0.2, 0.25) is 0 Å². The molecule has 1 unspecified atom stereocenters. The fourth-order valence-corrected chi connectivity index (χ4v) is 1.83. The zero-order chi connectivity index (χ0) is 15.4. The molecule has 6 heteroatoms. The van der Waals surface area contributed by atoms with Crippen LogP contribution in [0, 0.1) is 5.82 Å². The monoisotopic (exact) mass is 290 g/mol. The van der Waals surface area contributed by atoms with E-state index in [1.54, 1.807) is 31.4 Å². The van der Waals surface area contributed by atoms with Gasteiger partial charge in [0.1, 0.15) is 17.6 Å². The number of amides is 1. The van der Waals surface area contributed by atoms with Crippen LogP contribution in [0.15, 0.2) is 47.4 Å². The molecule has 0 spiro atoms. The number of aromatic nitrogens is 1. The molecule has 0 fully saturated rings. The van der Waals surface area contributed by atoms with Gasteiger partial charge in [0, 0.05) is 18.0 Å². The number of methoxy groups -OCH3 is 1. The Bertz CT molecular complexity index is 695. The third kappa shape index (κ3) is 3.47. The van der Waals surface area contributed by atoms with Crippen molar-refractivity contribution in [2.45, 2.75) is 13.0 Å². The second-order valence-corrected chi connectivity index (χ2v) is 4.49. The van der Waals surface area contributed by atoms with Gasteiger partial charge in [0.2, 0.25) is 5.91 Å². The van der Waals surface area contributed by atoms with Crippen LogP contribution in [0.3, 0.4) is 0 Å². The Labute approximate surface area is 121 Å². The summed E-state index contributed by atoms with van der Waals surface area (Å²) in [6.45, 7) is 1.53. The molecule has 21 heavy (non-hydrogen) atoms. The van der Waals surface area contributed by atoms with Crippen molar-refractivity contribution < 1.29 is 13.9 Å². The van der Waals surface area contributed by atoms with Crippen molar-refractivity contribution in [1.82, 2.24) is 4.57 Å². The van der Waals surface area contributed by atoms with Gasteiger partial charge in [0.05, 0.1) is 7.11 Å². The van der Waals surface area contributed by atoms with Gasteiger partial charge >= 0.3 is 0 Å². The van der Waals surface area contributed by atoms with E-state index in [4.69, 9.17) is 4.74 Å². The molecule has 2 aromatic rings. The molecule has 1 atom stereocenters. The number of carbonyl (C=O) groups is 1. The number of benzene rings is 1. The third-order valence-corrected chi connectivity index (χ3v) is 3.06. The maximum absolute atomic E-state index is 13.2. The largest absolute Gasteiger partial charge is 0.497 e. The number of nitrogens with one attached hydrogen (secondary N) is 1. The number of anilines is 1. The van der Waals surface area contributed by atoms with E-state index in [2.05, 4.69) is 5.32 Å². The van der Waals surface area contributed by atoms with Gasteiger partial charge in [0.15, 0.2) is 0 Å². The molecule has 1 N–H and O–H groups in total. The standard InChI is InChI=1S/C15H15FN2O3/c1-10(18-9-11(16)3-8-14(18)19)15(20)17-12-4-6-13(21-2)7-5-12/h3-10H,1-2H3,(H,17,20). The smallest absolute Gasteiger partial charge is 0.251 e. The van der Waals surface area contributed by atoms with Crippen molar-refractivity contribution in [3.8, 4) is 5.75 Å². The molecule has 0 aliphatic heterocycles. The Morgan fingerprint density at radius 3 is 2.52 bits per heavy atom. The van der Waals surface area contributed by atoms with Crippen LogP contribution < -0.4 is 15.6 Å². The van der Waals surface area contributed by atoms with Crippen molar-refractivity contribution in [2.75, 3.05) is 12.4 Å². The molecule has 2 rings (SSSR count). The second-order valence-electron chi connectivity index (χ2n) is 4.49. The zero-order valence-electron chi connectivity index (χ0n) is 11.7. The number of hydrogen-bond donors (Lipinski definition) is 1. The van der Waals surface area contributed by atoms with Crippen molar-refractivity contribution in [1.29, 1.82) is 0 Å².